The highest BCUT2D eigenvalue weighted by Crippen LogP contribution is 2.32. The van der Waals surface area contributed by atoms with Gasteiger partial charge in [-0.25, -0.2) is 0 Å². The number of nitrogens with zero attached hydrogens (tertiary/aromatic N) is 4. The summed E-state index contributed by atoms with van der Waals surface area (Å²) in [4.78, 5) is 70.2. The van der Waals surface area contributed by atoms with Gasteiger partial charge in [0.15, 0.2) is 17.1 Å². The fourth-order valence-corrected chi connectivity index (χ4v) is 13.2. The number of imide groups is 1. The van der Waals surface area contributed by atoms with Crippen molar-refractivity contribution in [2.75, 3.05) is 60.9 Å². The summed E-state index contributed by atoms with van der Waals surface area (Å²) in [6.45, 7) is 13.7. The van der Waals surface area contributed by atoms with Crippen molar-refractivity contribution < 1.29 is 19.2 Å². The Hall–Kier alpha value is -1.64. The second kappa shape index (κ2) is 64.9. The third-order valence-electron chi connectivity index (χ3n) is 19.1. The van der Waals surface area contributed by atoms with Crippen LogP contribution in [0.3, 0.4) is 0 Å². The molecule has 0 radical (unpaired) electrons. The van der Waals surface area contributed by atoms with E-state index in [0.717, 1.165) is 96.8 Å². The van der Waals surface area contributed by atoms with E-state index >= 15 is 19.2 Å². The van der Waals surface area contributed by atoms with Crippen molar-refractivity contribution in [3.05, 3.63) is 0 Å². The largest absolute Gasteiger partial charge is 0.309 e. The molecule has 0 fully saturated rings. The lowest BCUT2D eigenvalue weighted by atomic mass is 9.78. The average molecular weight is 1210 g/mol. The van der Waals surface area contributed by atoms with Crippen molar-refractivity contribution in [1.82, 2.24) is 19.6 Å². The SMILES string of the molecule is CCCCCCCCCCCCCCCC(=O)N(C(=O)CCCCCCCCCCCCCCC)C(CCN(C)CCCCN(C)CCCN(C)C)(C(=O)CCCCCCCCCCCCCCC)C(=O)CCCCCCCCCCCCCCC. The molecule has 0 aliphatic rings. The lowest BCUT2D eigenvalue weighted by Gasteiger charge is -2.41. The van der Waals surface area contributed by atoms with Crippen molar-refractivity contribution in [2.24, 2.45) is 0 Å². The molecule has 0 bridgehead atoms. The van der Waals surface area contributed by atoms with Crippen LogP contribution in [0.4, 0.5) is 0 Å². The first-order chi connectivity index (χ1) is 42.0. The Morgan fingerprint density at radius 3 is 0.686 bits per heavy atom. The Morgan fingerprint density at radius 2 is 0.442 bits per heavy atom. The van der Waals surface area contributed by atoms with Crippen molar-refractivity contribution in [1.29, 1.82) is 0 Å². The fourth-order valence-electron chi connectivity index (χ4n) is 13.2. The summed E-state index contributed by atoms with van der Waals surface area (Å²) in [6, 6.07) is 0. The van der Waals surface area contributed by atoms with Gasteiger partial charge >= 0.3 is 0 Å². The molecule has 0 aromatic heterocycles. The lowest BCUT2D eigenvalue weighted by molar-refractivity contribution is -0.164. The summed E-state index contributed by atoms with van der Waals surface area (Å²) in [6.07, 6.45) is 67.6. The van der Waals surface area contributed by atoms with Gasteiger partial charge in [-0.3, -0.25) is 24.1 Å². The molecule has 2 amide bonds. The Balaban J connectivity index is 6.62. The van der Waals surface area contributed by atoms with Crippen LogP contribution in [0.5, 0.6) is 0 Å². The molecule has 0 aromatic rings. The molecule has 0 aliphatic heterocycles. The summed E-state index contributed by atoms with van der Waals surface area (Å²) in [7, 11) is 8.61. The number of Topliss-reactive ketones (excluding diaryl/α,β-unsaturated/α-hetero) is 2. The molecule has 0 atom stereocenters. The van der Waals surface area contributed by atoms with Crippen LogP contribution in [0, 0.1) is 0 Å². The highest BCUT2D eigenvalue weighted by atomic mass is 16.2. The number of hydrogen-bond donors (Lipinski definition) is 0. The second-order valence-electron chi connectivity index (χ2n) is 28.0. The molecule has 0 heterocycles. The maximum Gasteiger partial charge on any atom is 0.230 e. The van der Waals surface area contributed by atoms with Crippen LogP contribution in [-0.4, -0.2) is 109 Å². The minimum Gasteiger partial charge on any atom is -0.309 e. The molecule has 0 spiro atoms. The first-order valence-corrected chi connectivity index (χ1v) is 39.0. The third-order valence-corrected chi connectivity index (χ3v) is 19.1. The van der Waals surface area contributed by atoms with E-state index in [4.69, 9.17) is 0 Å². The number of rotatable bonds is 71. The Morgan fingerprint density at radius 1 is 0.233 bits per heavy atom. The van der Waals surface area contributed by atoms with Crippen molar-refractivity contribution in [3.63, 3.8) is 0 Å². The van der Waals surface area contributed by atoms with E-state index in [0.29, 0.717) is 32.2 Å². The summed E-state index contributed by atoms with van der Waals surface area (Å²) < 4.78 is 0. The van der Waals surface area contributed by atoms with Crippen molar-refractivity contribution in [3.8, 4) is 0 Å². The van der Waals surface area contributed by atoms with Gasteiger partial charge in [-0.1, -0.05) is 336 Å². The molecule has 8 heteroatoms. The second-order valence-corrected chi connectivity index (χ2v) is 28.0. The molecule has 0 saturated carbocycles. The van der Waals surface area contributed by atoms with Crippen molar-refractivity contribution >= 4 is 23.4 Å². The Labute approximate surface area is 539 Å². The quantitative estimate of drug-likeness (QED) is 0.0443. The zero-order chi connectivity index (χ0) is 63.1. The summed E-state index contributed by atoms with van der Waals surface area (Å²) in [5.41, 5.74) is -1.75. The Kier molecular flexibility index (Phi) is 63.6. The third kappa shape index (κ3) is 51.0. The molecule has 0 unspecified atom stereocenters. The summed E-state index contributed by atoms with van der Waals surface area (Å²) in [5, 5.41) is 0. The molecular formula is C78H154N4O4. The fraction of sp³-hybridized carbons (Fsp3) is 0.949. The number of hydrogen-bond acceptors (Lipinski definition) is 7. The van der Waals surface area contributed by atoms with Crippen LogP contribution >= 0.6 is 0 Å². The van der Waals surface area contributed by atoms with Gasteiger partial charge in [-0.2, -0.15) is 0 Å². The van der Waals surface area contributed by atoms with Crippen LogP contribution in [0.1, 0.15) is 413 Å². The lowest BCUT2D eigenvalue weighted by Crippen LogP contribution is -2.65. The monoisotopic (exact) mass is 1210 g/mol. The average Bonchev–Trinajstić information content (AvgIpc) is 2.37. The number of carbonyl (C=O) groups excluding carboxylic acids is 4. The first kappa shape index (κ1) is 84.4. The highest BCUT2D eigenvalue weighted by molar-refractivity contribution is 6.17. The van der Waals surface area contributed by atoms with Crippen LogP contribution < -0.4 is 0 Å². The standard InChI is InChI=1S/C78H154N4O4/c1-9-13-17-21-25-29-33-37-41-45-49-53-57-64-74(83)78(68-73-81(8)71-62-61-70-80(7)72-63-69-79(5)6,75(84)65-58-54-50-46-42-38-34-30-26-22-18-14-10-2)82(76(85)66-59-55-51-47-43-39-35-31-27-23-19-15-11-3)77(86)67-60-56-52-48-44-40-36-32-28-24-20-16-12-4/h9-73H2,1-8H3. The number of carbonyl (C=O) groups is 4. The number of ketones is 2. The van der Waals surface area contributed by atoms with E-state index in [9.17, 15) is 0 Å². The molecule has 86 heavy (non-hydrogen) atoms. The maximum absolute atomic E-state index is 15.7. The molecule has 0 aliphatic carbocycles. The summed E-state index contributed by atoms with van der Waals surface area (Å²) >= 11 is 0. The van der Waals surface area contributed by atoms with E-state index < -0.39 is 5.54 Å². The van der Waals surface area contributed by atoms with Crippen LogP contribution in [0.25, 0.3) is 0 Å². The molecule has 0 rings (SSSR count). The van der Waals surface area contributed by atoms with Gasteiger partial charge in [0.1, 0.15) is 0 Å². The smallest absolute Gasteiger partial charge is 0.230 e. The molecule has 0 saturated heterocycles. The molecule has 0 aromatic carbocycles. The number of unbranched alkanes of at least 4 members (excludes halogenated alkanes) is 49. The van der Waals surface area contributed by atoms with Gasteiger partial charge in [0, 0.05) is 32.2 Å². The predicted molar refractivity (Wildman–Crippen MR) is 378 cm³/mol. The highest BCUT2D eigenvalue weighted by Gasteiger charge is 2.53. The van der Waals surface area contributed by atoms with Crippen LogP contribution in [0.15, 0.2) is 0 Å². The molecule has 510 valence electrons. The van der Waals surface area contributed by atoms with E-state index in [-0.39, 0.29) is 55.5 Å². The van der Waals surface area contributed by atoms with Gasteiger partial charge in [0.2, 0.25) is 11.8 Å². The van der Waals surface area contributed by atoms with Gasteiger partial charge in [0.25, 0.3) is 0 Å². The normalized spacial score (nSPS) is 12.0. The van der Waals surface area contributed by atoms with Crippen molar-refractivity contribution in [2.45, 2.75) is 418 Å². The first-order valence-electron chi connectivity index (χ1n) is 39.0. The van der Waals surface area contributed by atoms with E-state index in [1.54, 1.807) is 0 Å². The zero-order valence-electron chi connectivity index (χ0n) is 59.9. The van der Waals surface area contributed by atoms with Crippen LogP contribution in [-0.2, 0) is 19.2 Å². The molecule has 0 N–H and O–H groups in total. The summed E-state index contributed by atoms with van der Waals surface area (Å²) in [5.74, 6) is -0.869. The van der Waals surface area contributed by atoms with Gasteiger partial charge in [-0.05, 0) is 106 Å². The van der Waals surface area contributed by atoms with Gasteiger partial charge in [-0.15, -0.1) is 0 Å². The maximum atomic E-state index is 15.7. The van der Waals surface area contributed by atoms with E-state index in [1.165, 1.54) is 262 Å². The predicted octanol–water partition coefficient (Wildman–Crippen LogP) is 23.1. The van der Waals surface area contributed by atoms with Gasteiger partial charge < -0.3 is 14.7 Å². The van der Waals surface area contributed by atoms with E-state index in [2.05, 4.69) is 70.6 Å². The Bertz CT molecular complexity index is 1390. The van der Waals surface area contributed by atoms with E-state index in [1.807, 2.05) is 0 Å². The minimum atomic E-state index is -1.75. The topological polar surface area (TPSA) is 81.2 Å². The molecular weight excluding hydrogens is 1060 g/mol. The van der Waals surface area contributed by atoms with Gasteiger partial charge in [0.05, 0.1) is 0 Å². The zero-order valence-corrected chi connectivity index (χ0v) is 59.9. The number of amides is 2. The minimum absolute atomic E-state index is 0.162. The molecule has 8 nitrogen and oxygen atoms in total. The van der Waals surface area contributed by atoms with Crippen LogP contribution in [0.2, 0.25) is 0 Å².